The van der Waals surface area contributed by atoms with Crippen molar-refractivity contribution in [2.24, 2.45) is 0 Å². The fourth-order valence-corrected chi connectivity index (χ4v) is 4.19. The summed E-state index contributed by atoms with van der Waals surface area (Å²) in [5, 5.41) is 0.923. The van der Waals surface area contributed by atoms with E-state index < -0.39 is 23.7 Å². The van der Waals surface area contributed by atoms with Gasteiger partial charge in [-0.3, -0.25) is 4.90 Å². The fraction of sp³-hybridized carbons (Fsp3) is 0.320. The molecule has 0 saturated carbocycles. The van der Waals surface area contributed by atoms with E-state index in [0.29, 0.717) is 36.8 Å². The third-order valence-corrected chi connectivity index (χ3v) is 5.87. The van der Waals surface area contributed by atoms with Crippen LogP contribution in [0.25, 0.3) is 11.0 Å². The summed E-state index contributed by atoms with van der Waals surface area (Å²) < 4.78 is 16.2. The number of amides is 1. The molecular weight excluding hydrogens is 446 g/mol. The molecule has 1 aromatic heterocycles. The Labute approximate surface area is 195 Å². The summed E-state index contributed by atoms with van der Waals surface area (Å²) in [5.41, 5.74) is 1.50. The lowest BCUT2D eigenvalue weighted by Gasteiger charge is -2.22. The summed E-state index contributed by atoms with van der Waals surface area (Å²) in [4.78, 5) is 38.8. The smallest absolute Gasteiger partial charge is 0.410 e. The van der Waals surface area contributed by atoms with Crippen LogP contribution >= 0.6 is 11.6 Å². The molecular formula is C25H24ClNO6. The lowest BCUT2D eigenvalue weighted by molar-refractivity contribution is -0.139. The predicted molar refractivity (Wildman–Crippen MR) is 123 cm³/mol. The van der Waals surface area contributed by atoms with Gasteiger partial charge in [0.1, 0.15) is 18.2 Å². The Balaban J connectivity index is 1.49. The minimum Gasteiger partial charge on any atom is -0.445 e. The maximum absolute atomic E-state index is 12.9. The number of esters is 1. The monoisotopic (exact) mass is 469 g/mol. The summed E-state index contributed by atoms with van der Waals surface area (Å²) in [6.07, 6.45) is 2.09. The first-order valence-electron chi connectivity index (χ1n) is 10.9. The van der Waals surface area contributed by atoms with Crippen molar-refractivity contribution in [3.8, 4) is 5.75 Å². The van der Waals surface area contributed by atoms with Crippen molar-refractivity contribution in [1.82, 2.24) is 4.90 Å². The minimum absolute atomic E-state index is 0.0791. The Kier molecular flexibility index (Phi) is 6.99. The molecule has 7 nitrogen and oxygen atoms in total. The number of hydrogen-bond acceptors (Lipinski definition) is 6. The molecule has 1 atom stereocenters. The van der Waals surface area contributed by atoms with Crippen LogP contribution < -0.4 is 10.4 Å². The van der Waals surface area contributed by atoms with Crippen molar-refractivity contribution >= 4 is 34.6 Å². The van der Waals surface area contributed by atoms with Gasteiger partial charge in [-0.25, -0.2) is 14.4 Å². The summed E-state index contributed by atoms with van der Waals surface area (Å²) in [6, 6.07) is 13.1. The largest absolute Gasteiger partial charge is 0.445 e. The molecule has 33 heavy (non-hydrogen) atoms. The number of carbonyl (C=O) groups excluding carboxylic acids is 2. The number of carbonyl (C=O) groups is 2. The summed E-state index contributed by atoms with van der Waals surface area (Å²) in [7, 11) is 0. The highest BCUT2D eigenvalue weighted by molar-refractivity contribution is 6.33. The zero-order chi connectivity index (χ0) is 23.4. The van der Waals surface area contributed by atoms with E-state index in [1.807, 2.05) is 37.3 Å². The Morgan fingerprint density at radius 1 is 1.18 bits per heavy atom. The first-order chi connectivity index (χ1) is 16.0. The van der Waals surface area contributed by atoms with Crippen LogP contribution in [0.15, 0.2) is 57.7 Å². The Bertz CT molecular complexity index is 1220. The lowest BCUT2D eigenvalue weighted by atomic mass is 10.1. The van der Waals surface area contributed by atoms with Crippen LogP contribution in [-0.2, 0) is 22.6 Å². The van der Waals surface area contributed by atoms with Crippen molar-refractivity contribution < 1.29 is 23.5 Å². The maximum Gasteiger partial charge on any atom is 0.410 e. The second-order valence-electron chi connectivity index (χ2n) is 7.93. The SMILES string of the molecule is CCCc1cc(=O)oc2cc(OC(=O)[C@@H]3CCCN3C(=O)OCc3ccccc3)c(Cl)cc12. The number of fused-ring (bicyclic) bond motifs is 1. The molecule has 1 amide bonds. The van der Waals surface area contributed by atoms with Crippen LogP contribution in [0.3, 0.4) is 0 Å². The number of ether oxygens (including phenoxy) is 2. The molecule has 8 heteroatoms. The average molecular weight is 470 g/mol. The van der Waals surface area contributed by atoms with Gasteiger partial charge in [-0.2, -0.15) is 0 Å². The van der Waals surface area contributed by atoms with Crippen molar-refractivity contribution in [1.29, 1.82) is 0 Å². The van der Waals surface area contributed by atoms with Crippen molar-refractivity contribution in [3.05, 3.63) is 75.1 Å². The van der Waals surface area contributed by atoms with E-state index in [1.54, 1.807) is 6.07 Å². The van der Waals surface area contributed by atoms with E-state index in [4.69, 9.17) is 25.5 Å². The number of aryl methyl sites for hydroxylation is 1. The summed E-state index contributed by atoms with van der Waals surface area (Å²) in [6.45, 7) is 2.53. The number of benzene rings is 2. The van der Waals surface area contributed by atoms with Crippen molar-refractivity contribution in [2.75, 3.05) is 6.54 Å². The molecule has 1 aliphatic heterocycles. The zero-order valence-corrected chi connectivity index (χ0v) is 19.0. The molecule has 4 rings (SSSR count). The highest BCUT2D eigenvalue weighted by atomic mass is 35.5. The van der Waals surface area contributed by atoms with Crippen molar-refractivity contribution in [3.63, 3.8) is 0 Å². The van der Waals surface area contributed by atoms with E-state index in [1.165, 1.54) is 17.0 Å². The summed E-state index contributed by atoms with van der Waals surface area (Å²) in [5.74, 6) is -0.534. The number of rotatable bonds is 6. The molecule has 0 aliphatic carbocycles. The number of likely N-dealkylation sites (tertiary alicyclic amines) is 1. The molecule has 0 bridgehead atoms. The van der Waals surface area contributed by atoms with Crippen molar-refractivity contribution in [2.45, 2.75) is 45.3 Å². The van der Waals surface area contributed by atoms with E-state index in [9.17, 15) is 14.4 Å². The second-order valence-corrected chi connectivity index (χ2v) is 8.34. The minimum atomic E-state index is -0.779. The van der Waals surface area contributed by atoms with E-state index >= 15 is 0 Å². The first kappa shape index (κ1) is 22.9. The fourth-order valence-electron chi connectivity index (χ4n) is 3.99. The highest BCUT2D eigenvalue weighted by Gasteiger charge is 2.37. The number of halogens is 1. The first-order valence-corrected chi connectivity index (χ1v) is 11.3. The molecule has 2 aromatic carbocycles. The topological polar surface area (TPSA) is 86.0 Å². The molecule has 0 unspecified atom stereocenters. The molecule has 1 saturated heterocycles. The maximum atomic E-state index is 12.9. The van der Waals surface area contributed by atoms with Gasteiger partial charge in [0.25, 0.3) is 0 Å². The van der Waals surface area contributed by atoms with Gasteiger partial charge in [-0.05, 0) is 36.5 Å². The van der Waals surface area contributed by atoms with E-state index in [0.717, 1.165) is 17.5 Å². The molecule has 1 aliphatic rings. The molecule has 1 fully saturated rings. The third kappa shape index (κ3) is 5.20. The Morgan fingerprint density at radius 2 is 1.97 bits per heavy atom. The number of hydrogen-bond donors (Lipinski definition) is 0. The van der Waals surface area contributed by atoms with Crippen LogP contribution in [0.2, 0.25) is 5.02 Å². The van der Waals surface area contributed by atoms with Crippen LogP contribution in [0.4, 0.5) is 4.79 Å². The van der Waals surface area contributed by atoms with Gasteiger partial charge in [0, 0.05) is 24.1 Å². The normalized spacial score (nSPS) is 15.6. The van der Waals surface area contributed by atoms with E-state index in [-0.39, 0.29) is 17.4 Å². The standard InChI is InChI=1S/C25H24ClNO6/c1-2-7-17-12-23(28)32-21-14-22(19(26)13-18(17)21)33-24(29)20-10-6-11-27(20)25(30)31-15-16-8-4-3-5-9-16/h3-5,8-9,12-14,20H,2,6-7,10-11,15H2,1H3/t20-/m0/s1. The van der Waals surface area contributed by atoms with Gasteiger partial charge in [-0.15, -0.1) is 0 Å². The van der Waals surface area contributed by atoms with Gasteiger partial charge in [-0.1, -0.05) is 55.3 Å². The molecule has 0 radical (unpaired) electrons. The van der Waals surface area contributed by atoms with Crippen LogP contribution in [0.5, 0.6) is 5.75 Å². The Hall–Kier alpha value is -3.32. The van der Waals surface area contributed by atoms with E-state index in [2.05, 4.69) is 0 Å². The second kappa shape index (κ2) is 10.1. The summed E-state index contributed by atoms with van der Waals surface area (Å²) >= 11 is 6.38. The van der Waals surface area contributed by atoms with Gasteiger partial charge in [0.2, 0.25) is 0 Å². The molecule has 0 spiro atoms. The predicted octanol–water partition coefficient (Wildman–Crippen LogP) is 5.11. The molecule has 3 aromatic rings. The third-order valence-electron chi connectivity index (χ3n) is 5.58. The van der Waals surface area contributed by atoms with Gasteiger partial charge >= 0.3 is 17.7 Å². The molecule has 0 N–H and O–H groups in total. The average Bonchev–Trinajstić information content (AvgIpc) is 3.30. The van der Waals surface area contributed by atoms with Crippen LogP contribution in [0.1, 0.15) is 37.3 Å². The van der Waals surface area contributed by atoms with Crippen LogP contribution in [-0.4, -0.2) is 29.5 Å². The molecule has 172 valence electrons. The molecule has 2 heterocycles. The van der Waals surface area contributed by atoms with Crippen LogP contribution in [0, 0.1) is 0 Å². The van der Waals surface area contributed by atoms with Gasteiger partial charge in [0.15, 0.2) is 5.75 Å². The van der Waals surface area contributed by atoms with Gasteiger partial charge in [0.05, 0.1) is 5.02 Å². The quantitative estimate of drug-likeness (QED) is 0.283. The number of nitrogens with zero attached hydrogens (tertiary/aromatic N) is 1. The highest BCUT2D eigenvalue weighted by Crippen LogP contribution is 2.32. The zero-order valence-electron chi connectivity index (χ0n) is 18.2. The lowest BCUT2D eigenvalue weighted by Crippen LogP contribution is -2.42. The van der Waals surface area contributed by atoms with Gasteiger partial charge < -0.3 is 13.9 Å². The Morgan fingerprint density at radius 3 is 2.73 bits per heavy atom.